The quantitative estimate of drug-likeness (QED) is 0.737. The molecule has 2 aliphatic heterocycles. The first-order chi connectivity index (χ1) is 14.5. The van der Waals surface area contributed by atoms with Gasteiger partial charge in [0.25, 0.3) is 10.0 Å². The number of thioether (sulfide) groups is 1. The summed E-state index contributed by atoms with van der Waals surface area (Å²) in [5, 5.41) is 0. The van der Waals surface area contributed by atoms with Gasteiger partial charge >= 0.3 is 0 Å². The number of primary amides is 1. The molecule has 1 unspecified atom stereocenters. The number of hydrogen-bond donors (Lipinski definition) is 1. The van der Waals surface area contributed by atoms with Crippen molar-refractivity contribution in [2.24, 2.45) is 5.73 Å². The van der Waals surface area contributed by atoms with Crippen LogP contribution < -0.4 is 10.0 Å². The zero-order valence-electron chi connectivity index (χ0n) is 16.9. The van der Waals surface area contributed by atoms with Gasteiger partial charge in [0.2, 0.25) is 5.91 Å². The Kier molecular flexibility index (Phi) is 6.36. The Balaban J connectivity index is 1.73. The van der Waals surface area contributed by atoms with Crippen molar-refractivity contribution in [2.45, 2.75) is 41.5 Å². The minimum atomic E-state index is -3.65. The summed E-state index contributed by atoms with van der Waals surface area (Å²) in [6.07, 6.45) is 3.64. The van der Waals surface area contributed by atoms with E-state index in [1.54, 1.807) is 36.0 Å². The molecule has 0 bridgehead atoms. The topological polar surface area (TPSA) is 83.7 Å². The molecule has 2 N–H and O–H groups in total. The Bertz CT molecular complexity index is 1010. The predicted molar refractivity (Wildman–Crippen MR) is 120 cm³/mol. The van der Waals surface area contributed by atoms with Gasteiger partial charge in [-0.15, -0.1) is 11.8 Å². The van der Waals surface area contributed by atoms with Crippen LogP contribution in [-0.4, -0.2) is 44.6 Å². The van der Waals surface area contributed by atoms with Crippen LogP contribution in [0.2, 0.25) is 0 Å². The molecule has 6 nitrogen and oxygen atoms in total. The van der Waals surface area contributed by atoms with Crippen LogP contribution in [0.3, 0.4) is 0 Å². The van der Waals surface area contributed by atoms with Gasteiger partial charge < -0.3 is 5.73 Å². The molecule has 1 saturated heterocycles. The van der Waals surface area contributed by atoms with E-state index in [1.807, 2.05) is 24.3 Å². The maximum absolute atomic E-state index is 13.3. The monoisotopic (exact) mass is 445 g/mol. The van der Waals surface area contributed by atoms with E-state index >= 15 is 0 Å². The van der Waals surface area contributed by atoms with E-state index < -0.39 is 10.0 Å². The largest absolute Gasteiger partial charge is 0.370 e. The highest BCUT2D eigenvalue weighted by atomic mass is 32.2. The van der Waals surface area contributed by atoms with E-state index in [-0.39, 0.29) is 23.3 Å². The van der Waals surface area contributed by atoms with Crippen molar-refractivity contribution in [3.8, 4) is 0 Å². The first-order valence-electron chi connectivity index (χ1n) is 10.3. The van der Waals surface area contributed by atoms with Gasteiger partial charge in [0.1, 0.15) is 0 Å². The highest BCUT2D eigenvalue weighted by Gasteiger charge is 2.31. The Morgan fingerprint density at radius 2 is 1.77 bits per heavy atom. The third kappa shape index (κ3) is 4.36. The van der Waals surface area contributed by atoms with Crippen LogP contribution in [0.25, 0.3) is 0 Å². The number of anilines is 1. The van der Waals surface area contributed by atoms with Crippen molar-refractivity contribution in [1.29, 1.82) is 0 Å². The van der Waals surface area contributed by atoms with Crippen LogP contribution in [-0.2, 0) is 14.8 Å². The van der Waals surface area contributed by atoms with Crippen LogP contribution in [0.15, 0.2) is 58.3 Å². The zero-order chi connectivity index (χ0) is 21.1. The van der Waals surface area contributed by atoms with Crippen molar-refractivity contribution in [3.63, 3.8) is 0 Å². The molecule has 0 aliphatic carbocycles. The lowest BCUT2D eigenvalue weighted by Crippen LogP contribution is -2.37. The van der Waals surface area contributed by atoms with Crippen molar-refractivity contribution in [2.75, 3.05) is 29.7 Å². The third-order valence-electron chi connectivity index (χ3n) is 5.75. The van der Waals surface area contributed by atoms with E-state index in [2.05, 4.69) is 4.90 Å². The molecular weight excluding hydrogens is 418 g/mol. The van der Waals surface area contributed by atoms with Crippen molar-refractivity contribution in [3.05, 3.63) is 54.1 Å². The molecule has 4 rings (SSSR count). The number of rotatable bonds is 6. The van der Waals surface area contributed by atoms with E-state index in [1.165, 1.54) is 10.7 Å². The third-order valence-corrected chi connectivity index (χ3v) is 8.62. The van der Waals surface area contributed by atoms with Crippen molar-refractivity contribution < 1.29 is 13.2 Å². The van der Waals surface area contributed by atoms with Crippen LogP contribution in [0.5, 0.6) is 0 Å². The first-order valence-corrected chi connectivity index (χ1v) is 12.8. The van der Waals surface area contributed by atoms with Gasteiger partial charge in [-0.25, -0.2) is 8.42 Å². The molecule has 1 fully saturated rings. The highest BCUT2D eigenvalue weighted by Crippen LogP contribution is 2.40. The highest BCUT2D eigenvalue weighted by molar-refractivity contribution is 8.00. The molecule has 1 atom stereocenters. The molecule has 8 heteroatoms. The van der Waals surface area contributed by atoms with E-state index in [0.717, 1.165) is 36.4 Å². The molecule has 160 valence electrons. The average Bonchev–Trinajstić information content (AvgIpc) is 2.77. The average molecular weight is 446 g/mol. The molecule has 0 aromatic heterocycles. The second-order valence-corrected chi connectivity index (χ2v) is 10.7. The maximum Gasteiger partial charge on any atom is 0.264 e. The molecule has 2 aromatic carbocycles. The first kappa shape index (κ1) is 21.2. The van der Waals surface area contributed by atoms with E-state index in [4.69, 9.17) is 5.73 Å². The van der Waals surface area contributed by atoms with Crippen molar-refractivity contribution >= 4 is 33.4 Å². The number of carbonyl (C=O) groups is 1. The molecule has 0 radical (unpaired) electrons. The number of nitrogens with two attached hydrogens (primary N) is 1. The summed E-state index contributed by atoms with van der Waals surface area (Å²) >= 11 is 1.66. The van der Waals surface area contributed by atoms with Crippen LogP contribution >= 0.6 is 11.8 Å². The minimum absolute atomic E-state index is 0.124. The summed E-state index contributed by atoms with van der Waals surface area (Å²) in [7, 11) is -3.65. The summed E-state index contributed by atoms with van der Waals surface area (Å²) in [6.45, 7) is 2.27. The summed E-state index contributed by atoms with van der Waals surface area (Å²) in [4.78, 5) is 15.4. The second-order valence-electron chi connectivity index (χ2n) is 7.75. The number of sulfonamides is 1. The summed E-state index contributed by atoms with van der Waals surface area (Å²) in [5.41, 5.74) is 7.21. The van der Waals surface area contributed by atoms with Crippen LogP contribution in [0.1, 0.15) is 37.3 Å². The van der Waals surface area contributed by atoms with Gasteiger partial charge in [-0.2, -0.15) is 0 Å². The maximum atomic E-state index is 13.3. The van der Waals surface area contributed by atoms with E-state index in [0.29, 0.717) is 18.0 Å². The zero-order valence-corrected chi connectivity index (χ0v) is 18.5. The SMILES string of the molecule is NC(=O)CC(c1ccc2c(c1)N(S(=O)(=O)c1ccccc1)CCS2)N1CCCCC1. The molecule has 0 spiro atoms. The number of hydrogen-bond acceptors (Lipinski definition) is 5. The lowest BCUT2D eigenvalue weighted by molar-refractivity contribution is -0.119. The van der Waals surface area contributed by atoms with Gasteiger partial charge in [0.15, 0.2) is 0 Å². The Labute approximate surface area is 182 Å². The molecular formula is C22H27N3O3S2. The Hall–Kier alpha value is -2.03. The van der Waals surface area contributed by atoms with E-state index in [9.17, 15) is 13.2 Å². The van der Waals surface area contributed by atoms with Gasteiger partial charge in [-0.05, 0) is 55.8 Å². The summed E-state index contributed by atoms with van der Waals surface area (Å²) in [6, 6.07) is 14.4. The molecule has 2 aliphatic rings. The minimum Gasteiger partial charge on any atom is -0.370 e. The number of carbonyl (C=O) groups excluding carboxylic acids is 1. The second kappa shape index (κ2) is 8.99. The molecule has 30 heavy (non-hydrogen) atoms. The number of benzene rings is 2. The smallest absolute Gasteiger partial charge is 0.264 e. The standard InChI is InChI=1S/C22H27N3O3S2/c23-22(26)16-19(24-11-5-2-6-12-24)17-9-10-21-20(15-17)25(13-14-29-21)30(27,28)18-7-3-1-4-8-18/h1,3-4,7-10,15,19H,2,5-6,11-14,16H2,(H2,23,26). The number of piperidine rings is 1. The number of fused-ring (bicyclic) bond motifs is 1. The number of nitrogens with zero attached hydrogens (tertiary/aromatic N) is 2. The van der Waals surface area contributed by atoms with Gasteiger partial charge in [-0.1, -0.05) is 30.7 Å². The molecule has 2 aromatic rings. The fourth-order valence-electron chi connectivity index (χ4n) is 4.27. The lowest BCUT2D eigenvalue weighted by Gasteiger charge is -2.36. The summed E-state index contributed by atoms with van der Waals surface area (Å²) < 4.78 is 28.2. The fraction of sp³-hybridized carbons (Fsp3) is 0.409. The predicted octanol–water partition coefficient (Wildman–Crippen LogP) is 3.39. The van der Waals surface area contributed by atoms with Gasteiger partial charge in [-0.3, -0.25) is 14.0 Å². The lowest BCUT2D eigenvalue weighted by atomic mass is 9.98. The van der Waals surface area contributed by atoms with Gasteiger partial charge in [0, 0.05) is 29.7 Å². The molecule has 2 heterocycles. The normalized spacial score (nSPS) is 18.6. The summed E-state index contributed by atoms with van der Waals surface area (Å²) in [5.74, 6) is 0.362. The molecule has 1 amide bonds. The molecule has 0 saturated carbocycles. The fourth-order valence-corrected chi connectivity index (χ4v) is 6.91. The van der Waals surface area contributed by atoms with Crippen LogP contribution in [0.4, 0.5) is 5.69 Å². The number of amides is 1. The number of likely N-dealkylation sites (tertiary alicyclic amines) is 1. The Morgan fingerprint density at radius 1 is 1.03 bits per heavy atom. The van der Waals surface area contributed by atoms with Gasteiger partial charge in [0.05, 0.1) is 10.6 Å². The Morgan fingerprint density at radius 3 is 2.47 bits per heavy atom. The van der Waals surface area contributed by atoms with Crippen molar-refractivity contribution in [1.82, 2.24) is 4.90 Å². The van der Waals surface area contributed by atoms with Crippen LogP contribution in [0, 0.1) is 0 Å².